The molecule has 0 heterocycles. The van der Waals surface area contributed by atoms with Gasteiger partial charge in [0.15, 0.2) is 9.84 Å². The van der Waals surface area contributed by atoms with Gasteiger partial charge in [-0.2, -0.15) is 0 Å². The van der Waals surface area contributed by atoms with Crippen LogP contribution in [0.3, 0.4) is 0 Å². The molecule has 3 heteroatoms. The molecule has 0 aliphatic heterocycles. The number of hydrogen-bond acceptors (Lipinski definition) is 2. The Bertz CT molecular complexity index is 562. The molecule has 0 saturated carbocycles. The van der Waals surface area contributed by atoms with E-state index in [2.05, 4.69) is 25.7 Å². The van der Waals surface area contributed by atoms with Gasteiger partial charge in [0, 0.05) is 5.92 Å². The molecule has 0 bridgehead atoms. The second-order valence-corrected chi connectivity index (χ2v) is 6.73. The third kappa shape index (κ3) is 3.36. The van der Waals surface area contributed by atoms with Crippen LogP contribution in [-0.4, -0.2) is 14.2 Å². The summed E-state index contributed by atoms with van der Waals surface area (Å²) in [5.74, 6) is 6.60. The maximum absolute atomic E-state index is 11.8. The first-order valence-electron chi connectivity index (χ1n) is 6.17. The minimum absolute atomic E-state index is 0.134. The van der Waals surface area contributed by atoms with Gasteiger partial charge in [0.05, 0.1) is 10.6 Å². The molecule has 0 radical (unpaired) electrons. The second kappa shape index (κ2) is 6.06. The van der Waals surface area contributed by atoms with Crippen LogP contribution < -0.4 is 0 Å². The maximum Gasteiger partial charge on any atom is 0.178 e. The lowest BCUT2D eigenvalue weighted by atomic mass is 9.89. The molecule has 0 spiro atoms. The maximum atomic E-state index is 11.8. The van der Waals surface area contributed by atoms with E-state index in [0.29, 0.717) is 4.90 Å². The van der Waals surface area contributed by atoms with E-state index in [1.54, 1.807) is 25.1 Å². The third-order valence-electron chi connectivity index (χ3n) is 3.25. The average molecular weight is 264 g/mol. The van der Waals surface area contributed by atoms with Crippen LogP contribution in [0.2, 0.25) is 0 Å². The standard InChI is InChI=1S/C15H20O2S/c1-5-8-12(3)13(4)14-9-7-10-15(11-14)18(16,17)6-2/h7,9-13H,6H2,1-4H3. The van der Waals surface area contributed by atoms with Gasteiger partial charge in [0.1, 0.15) is 0 Å². The highest BCUT2D eigenvalue weighted by Gasteiger charge is 2.16. The van der Waals surface area contributed by atoms with Crippen LogP contribution in [0.5, 0.6) is 0 Å². The monoisotopic (exact) mass is 264 g/mol. The number of hydrogen-bond donors (Lipinski definition) is 0. The van der Waals surface area contributed by atoms with E-state index in [1.807, 2.05) is 13.0 Å². The lowest BCUT2D eigenvalue weighted by molar-refractivity contribution is 0.593. The molecule has 1 aromatic rings. The first kappa shape index (κ1) is 14.8. The van der Waals surface area contributed by atoms with Crippen molar-refractivity contribution in [2.24, 2.45) is 5.92 Å². The van der Waals surface area contributed by atoms with E-state index in [0.717, 1.165) is 5.56 Å². The average Bonchev–Trinajstić information content (AvgIpc) is 2.38. The summed E-state index contributed by atoms with van der Waals surface area (Å²) in [6.45, 7) is 7.62. The van der Waals surface area contributed by atoms with E-state index in [9.17, 15) is 8.42 Å². The van der Waals surface area contributed by atoms with Crippen molar-refractivity contribution in [2.45, 2.75) is 38.5 Å². The van der Waals surface area contributed by atoms with Crippen molar-refractivity contribution in [3.63, 3.8) is 0 Å². The summed E-state index contributed by atoms with van der Waals surface area (Å²) in [7, 11) is -3.13. The van der Waals surface area contributed by atoms with Crippen LogP contribution in [0.4, 0.5) is 0 Å². The van der Waals surface area contributed by atoms with Gasteiger partial charge in [0.25, 0.3) is 0 Å². The molecule has 0 aromatic heterocycles. The summed E-state index contributed by atoms with van der Waals surface area (Å²) >= 11 is 0. The first-order chi connectivity index (χ1) is 8.42. The highest BCUT2D eigenvalue weighted by molar-refractivity contribution is 7.91. The lowest BCUT2D eigenvalue weighted by Gasteiger charge is -2.16. The molecule has 1 aromatic carbocycles. The molecule has 2 unspecified atom stereocenters. The summed E-state index contributed by atoms with van der Waals surface area (Å²) in [6, 6.07) is 7.20. The van der Waals surface area contributed by atoms with Crippen LogP contribution in [0.1, 0.15) is 39.2 Å². The topological polar surface area (TPSA) is 34.1 Å². The SMILES string of the molecule is CC#CC(C)C(C)c1cccc(S(=O)(=O)CC)c1. The summed E-state index contributed by atoms with van der Waals surface area (Å²) in [6.07, 6.45) is 0. The van der Waals surface area contributed by atoms with E-state index >= 15 is 0 Å². The molecule has 0 N–H and O–H groups in total. The predicted octanol–water partition coefficient (Wildman–Crippen LogP) is 3.24. The molecule has 0 aliphatic carbocycles. The van der Waals surface area contributed by atoms with Gasteiger partial charge in [-0.25, -0.2) is 8.42 Å². The molecule has 0 saturated heterocycles. The Labute approximate surface area is 110 Å². The Morgan fingerprint density at radius 3 is 2.50 bits per heavy atom. The molecule has 0 fully saturated rings. The minimum atomic E-state index is -3.13. The quantitative estimate of drug-likeness (QED) is 0.782. The number of sulfone groups is 1. The molecule has 2 atom stereocenters. The van der Waals surface area contributed by atoms with Crippen molar-refractivity contribution in [1.82, 2.24) is 0 Å². The largest absolute Gasteiger partial charge is 0.224 e. The molecule has 2 nitrogen and oxygen atoms in total. The molecule has 0 amide bonds. The Morgan fingerprint density at radius 1 is 1.28 bits per heavy atom. The highest BCUT2D eigenvalue weighted by atomic mass is 32.2. The Hall–Kier alpha value is -1.27. The molecular weight excluding hydrogens is 244 g/mol. The van der Waals surface area contributed by atoms with E-state index in [-0.39, 0.29) is 17.6 Å². The van der Waals surface area contributed by atoms with Crippen LogP contribution in [0, 0.1) is 17.8 Å². The zero-order valence-electron chi connectivity index (χ0n) is 11.4. The van der Waals surface area contributed by atoms with Gasteiger partial charge in [-0.3, -0.25) is 0 Å². The lowest BCUT2D eigenvalue weighted by Crippen LogP contribution is -2.07. The molecule has 18 heavy (non-hydrogen) atoms. The van der Waals surface area contributed by atoms with Crippen molar-refractivity contribution < 1.29 is 8.42 Å². The summed E-state index contributed by atoms with van der Waals surface area (Å²) < 4.78 is 23.7. The Kier molecular flexibility index (Phi) is 4.98. The van der Waals surface area contributed by atoms with Gasteiger partial charge >= 0.3 is 0 Å². The highest BCUT2D eigenvalue weighted by Crippen LogP contribution is 2.25. The van der Waals surface area contributed by atoms with Crippen molar-refractivity contribution in [2.75, 3.05) is 5.75 Å². The zero-order chi connectivity index (χ0) is 13.8. The normalized spacial score (nSPS) is 14.4. The zero-order valence-corrected chi connectivity index (χ0v) is 12.2. The van der Waals surface area contributed by atoms with Crippen LogP contribution in [0.25, 0.3) is 0 Å². The minimum Gasteiger partial charge on any atom is -0.224 e. The van der Waals surface area contributed by atoms with Gasteiger partial charge < -0.3 is 0 Å². The fourth-order valence-electron chi connectivity index (χ4n) is 1.80. The number of benzene rings is 1. The molecule has 98 valence electrons. The smallest absolute Gasteiger partial charge is 0.178 e. The Morgan fingerprint density at radius 2 is 1.94 bits per heavy atom. The van der Waals surface area contributed by atoms with Crippen molar-refractivity contribution >= 4 is 9.84 Å². The van der Waals surface area contributed by atoms with Crippen LogP contribution >= 0.6 is 0 Å². The van der Waals surface area contributed by atoms with Crippen LogP contribution in [-0.2, 0) is 9.84 Å². The molecule has 1 rings (SSSR count). The van der Waals surface area contributed by atoms with Crippen LogP contribution in [0.15, 0.2) is 29.2 Å². The molecular formula is C15H20O2S. The number of rotatable bonds is 4. The van der Waals surface area contributed by atoms with Gasteiger partial charge in [0.2, 0.25) is 0 Å². The van der Waals surface area contributed by atoms with Crippen molar-refractivity contribution in [3.8, 4) is 11.8 Å². The second-order valence-electron chi connectivity index (χ2n) is 4.45. The first-order valence-corrected chi connectivity index (χ1v) is 7.82. The summed E-state index contributed by atoms with van der Waals surface area (Å²) in [4.78, 5) is 0.408. The fraction of sp³-hybridized carbons (Fsp3) is 0.467. The van der Waals surface area contributed by atoms with Crippen molar-refractivity contribution in [3.05, 3.63) is 29.8 Å². The molecule has 0 aliphatic rings. The summed E-state index contributed by atoms with van der Waals surface area (Å²) in [5, 5.41) is 0. The van der Waals surface area contributed by atoms with E-state index < -0.39 is 9.84 Å². The summed E-state index contributed by atoms with van der Waals surface area (Å²) in [5.41, 5.74) is 1.03. The van der Waals surface area contributed by atoms with E-state index in [1.165, 1.54) is 0 Å². The predicted molar refractivity (Wildman–Crippen MR) is 75.2 cm³/mol. The van der Waals surface area contributed by atoms with Gasteiger partial charge in [-0.05, 0) is 30.5 Å². The van der Waals surface area contributed by atoms with Gasteiger partial charge in [-0.1, -0.05) is 38.8 Å². The third-order valence-corrected chi connectivity index (χ3v) is 4.98. The van der Waals surface area contributed by atoms with E-state index in [4.69, 9.17) is 0 Å². The fourth-order valence-corrected chi connectivity index (χ4v) is 2.73. The van der Waals surface area contributed by atoms with Crippen molar-refractivity contribution in [1.29, 1.82) is 0 Å². The Balaban J connectivity index is 3.12. The van der Waals surface area contributed by atoms with Gasteiger partial charge in [-0.15, -0.1) is 5.92 Å².